The van der Waals surface area contributed by atoms with Crippen LogP contribution in [-0.4, -0.2) is 35.5 Å². The maximum absolute atomic E-state index is 12.1. The minimum absolute atomic E-state index is 0.0593. The molecule has 21 heavy (non-hydrogen) atoms. The van der Waals surface area contributed by atoms with Gasteiger partial charge in [0, 0.05) is 6.04 Å². The minimum Gasteiger partial charge on any atom is -0.478 e. The van der Waals surface area contributed by atoms with E-state index in [1.807, 2.05) is 23.9 Å². The second-order valence-corrected chi connectivity index (χ2v) is 6.47. The molecule has 1 aromatic rings. The largest absolute Gasteiger partial charge is 0.478 e. The molecule has 5 nitrogen and oxygen atoms in total. The Bertz CT molecular complexity index is 543. The number of hydrogen-bond donors (Lipinski definition) is 2. The van der Waals surface area contributed by atoms with Crippen molar-refractivity contribution in [3.63, 3.8) is 0 Å². The summed E-state index contributed by atoms with van der Waals surface area (Å²) in [7, 11) is 0. The first kappa shape index (κ1) is 14.3. The van der Waals surface area contributed by atoms with Crippen molar-refractivity contribution < 1.29 is 14.3 Å². The van der Waals surface area contributed by atoms with Crippen molar-refractivity contribution in [2.45, 2.75) is 31.4 Å². The first-order valence-electron chi connectivity index (χ1n) is 7.16. The van der Waals surface area contributed by atoms with Crippen molar-refractivity contribution in [3.05, 3.63) is 24.3 Å². The molecule has 1 atom stereocenters. The molecule has 0 bridgehead atoms. The zero-order chi connectivity index (χ0) is 14.7. The maximum Gasteiger partial charge on any atom is 0.266 e. The van der Waals surface area contributed by atoms with E-state index in [-0.39, 0.29) is 24.3 Å². The number of anilines is 1. The van der Waals surface area contributed by atoms with E-state index in [9.17, 15) is 9.59 Å². The van der Waals surface area contributed by atoms with E-state index in [0.29, 0.717) is 11.4 Å². The molecule has 2 aliphatic rings. The van der Waals surface area contributed by atoms with Crippen LogP contribution in [0.3, 0.4) is 0 Å². The third kappa shape index (κ3) is 3.50. The Hall–Kier alpha value is -1.69. The smallest absolute Gasteiger partial charge is 0.266 e. The van der Waals surface area contributed by atoms with Crippen LogP contribution < -0.4 is 15.4 Å². The van der Waals surface area contributed by atoms with E-state index < -0.39 is 6.10 Å². The van der Waals surface area contributed by atoms with Gasteiger partial charge in [-0.05, 0) is 36.5 Å². The molecule has 2 N–H and O–H groups in total. The summed E-state index contributed by atoms with van der Waals surface area (Å²) in [5.74, 6) is 2.40. The molecule has 0 aromatic heterocycles. The molecular weight excluding hydrogens is 288 g/mol. The number of ether oxygens (including phenoxy) is 1. The second-order valence-electron chi connectivity index (χ2n) is 5.25. The van der Waals surface area contributed by atoms with E-state index in [2.05, 4.69) is 10.6 Å². The summed E-state index contributed by atoms with van der Waals surface area (Å²) >= 11 is 1.91. The molecule has 0 aliphatic carbocycles. The van der Waals surface area contributed by atoms with E-state index in [1.165, 1.54) is 0 Å². The van der Waals surface area contributed by atoms with E-state index in [1.54, 1.807) is 12.1 Å². The average Bonchev–Trinajstić information content (AvgIpc) is 2.49. The van der Waals surface area contributed by atoms with Crippen LogP contribution in [0.5, 0.6) is 5.75 Å². The fraction of sp³-hybridized carbons (Fsp3) is 0.467. The molecule has 2 amide bonds. The fourth-order valence-electron chi connectivity index (χ4n) is 2.52. The highest BCUT2D eigenvalue weighted by molar-refractivity contribution is 7.99. The van der Waals surface area contributed by atoms with Crippen LogP contribution in [0.25, 0.3) is 0 Å². The summed E-state index contributed by atoms with van der Waals surface area (Å²) in [6, 6.07) is 7.48. The van der Waals surface area contributed by atoms with Crippen molar-refractivity contribution in [2.75, 3.05) is 16.8 Å². The second kappa shape index (κ2) is 6.39. The molecule has 0 saturated carbocycles. The maximum atomic E-state index is 12.1. The Kier molecular flexibility index (Phi) is 4.34. The monoisotopic (exact) mass is 306 g/mol. The van der Waals surface area contributed by atoms with Crippen molar-refractivity contribution in [1.29, 1.82) is 0 Å². The molecule has 112 valence electrons. The quantitative estimate of drug-likeness (QED) is 0.893. The molecule has 0 spiro atoms. The third-order valence-corrected chi connectivity index (χ3v) is 4.71. The van der Waals surface area contributed by atoms with Gasteiger partial charge in [0.05, 0.1) is 12.1 Å². The van der Waals surface area contributed by atoms with E-state index in [0.717, 1.165) is 24.3 Å². The standard InChI is InChI=1S/C15H18N2O3S/c18-14(16-10-5-7-21-8-6-10)9-13-15(19)17-11-3-1-2-4-12(11)20-13/h1-4,10,13H,5-9H2,(H,16,18)(H,17,19). The lowest BCUT2D eigenvalue weighted by Gasteiger charge is -2.27. The van der Waals surface area contributed by atoms with Gasteiger partial charge in [0.1, 0.15) is 5.75 Å². The summed E-state index contributed by atoms with van der Waals surface area (Å²) < 4.78 is 5.63. The SMILES string of the molecule is O=C(CC1Oc2ccccc2NC1=O)NC1CCSCC1. The lowest BCUT2D eigenvalue weighted by molar-refractivity contribution is -0.130. The summed E-state index contributed by atoms with van der Waals surface area (Å²) in [6.45, 7) is 0. The summed E-state index contributed by atoms with van der Waals surface area (Å²) in [5.41, 5.74) is 0.656. The van der Waals surface area contributed by atoms with Gasteiger partial charge in [-0.15, -0.1) is 0 Å². The number of thioether (sulfide) groups is 1. The average molecular weight is 306 g/mol. The number of amides is 2. The van der Waals surface area contributed by atoms with Gasteiger partial charge in [0.25, 0.3) is 5.91 Å². The number of carbonyl (C=O) groups is 2. The molecule has 3 rings (SSSR count). The molecule has 2 aliphatic heterocycles. The molecule has 1 fully saturated rings. The number of benzene rings is 1. The number of carbonyl (C=O) groups excluding carboxylic acids is 2. The molecular formula is C15H18N2O3S. The van der Waals surface area contributed by atoms with Gasteiger partial charge in [-0.1, -0.05) is 12.1 Å². The highest BCUT2D eigenvalue weighted by atomic mass is 32.2. The van der Waals surface area contributed by atoms with Crippen molar-refractivity contribution >= 4 is 29.3 Å². The molecule has 1 aromatic carbocycles. The van der Waals surface area contributed by atoms with Gasteiger partial charge in [-0.25, -0.2) is 0 Å². The zero-order valence-electron chi connectivity index (χ0n) is 11.6. The highest BCUT2D eigenvalue weighted by Crippen LogP contribution is 2.29. The van der Waals surface area contributed by atoms with Crippen molar-refractivity contribution in [1.82, 2.24) is 5.32 Å². The highest BCUT2D eigenvalue weighted by Gasteiger charge is 2.30. The number of fused-ring (bicyclic) bond motifs is 1. The molecule has 6 heteroatoms. The third-order valence-electron chi connectivity index (χ3n) is 3.66. The van der Waals surface area contributed by atoms with E-state index in [4.69, 9.17) is 4.74 Å². The van der Waals surface area contributed by atoms with Gasteiger partial charge in [0.15, 0.2) is 6.10 Å². The van der Waals surface area contributed by atoms with Crippen LogP contribution in [0, 0.1) is 0 Å². The van der Waals surface area contributed by atoms with Crippen LogP contribution in [0.15, 0.2) is 24.3 Å². The minimum atomic E-state index is -0.752. The summed E-state index contributed by atoms with van der Waals surface area (Å²) in [4.78, 5) is 24.0. The first-order chi connectivity index (χ1) is 10.2. The van der Waals surface area contributed by atoms with Crippen LogP contribution in [0.4, 0.5) is 5.69 Å². The van der Waals surface area contributed by atoms with E-state index >= 15 is 0 Å². The zero-order valence-corrected chi connectivity index (χ0v) is 12.4. The van der Waals surface area contributed by atoms with Gasteiger partial charge in [-0.2, -0.15) is 11.8 Å². The molecule has 1 unspecified atom stereocenters. The molecule has 0 radical (unpaired) electrons. The van der Waals surface area contributed by atoms with Crippen LogP contribution in [-0.2, 0) is 9.59 Å². The summed E-state index contributed by atoms with van der Waals surface area (Å²) in [6.07, 6.45) is 1.30. The van der Waals surface area contributed by atoms with Gasteiger partial charge in [0.2, 0.25) is 5.91 Å². The number of hydrogen-bond acceptors (Lipinski definition) is 4. The fourth-order valence-corrected chi connectivity index (χ4v) is 3.63. The van der Waals surface area contributed by atoms with Crippen LogP contribution in [0.2, 0.25) is 0 Å². The Morgan fingerprint density at radius 3 is 2.90 bits per heavy atom. The van der Waals surface area contributed by atoms with Gasteiger partial charge >= 0.3 is 0 Å². The summed E-state index contributed by atoms with van der Waals surface area (Å²) in [5, 5.41) is 5.77. The molecule has 1 saturated heterocycles. The predicted molar refractivity (Wildman–Crippen MR) is 82.6 cm³/mol. The Labute approximate surface area is 127 Å². The number of para-hydroxylation sites is 2. The van der Waals surface area contributed by atoms with Gasteiger partial charge in [-0.3, -0.25) is 9.59 Å². The van der Waals surface area contributed by atoms with Crippen LogP contribution >= 0.6 is 11.8 Å². The normalized spacial score (nSPS) is 21.9. The number of nitrogens with one attached hydrogen (secondary N) is 2. The first-order valence-corrected chi connectivity index (χ1v) is 8.31. The lowest BCUT2D eigenvalue weighted by Crippen LogP contribution is -2.44. The van der Waals surface area contributed by atoms with Gasteiger partial charge < -0.3 is 15.4 Å². The Balaban J connectivity index is 1.57. The van der Waals surface area contributed by atoms with Crippen molar-refractivity contribution in [2.24, 2.45) is 0 Å². The Morgan fingerprint density at radius 2 is 2.10 bits per heavy atom. The lowest BCUT2D eigenvalue weighted by atomic mass is 10.1. The topological polar surface area (TPSA) is 67.4 Å². The predicted octanol–water partition coefficient (Wildman–Crippen LogP) is 1.79. The van der Waals surface area contributed by atoms with Crippen LogP contribution in [0.1, 0.15) is 19.3 Å². The number of rotatable bonds is 3. The molecule has 2 heterocycles. The Morgan fingerprint density at radius 1 is 1.33 bits per heavy atom. The van der Waals surface area contributed by atoms with Crippen molar-refractivity contribution in [3.8, 4) is 5.75 Å².